The number of carbonyl (C=O) groups is 1. The molecule has 1 aromatic heterocycles. The Balaban J connectivity index is 1.59. The first-order valence-electron chi connectivity index (χ1n) is 10.3. The van der Waals surface area contributed by atoms with Gasteiger partial charge in [-0.2, -0.15) is 5.10 Å². The van der Waals surface area contributed by atoms with E-state index in [0.29, 0.717) is 11.4 Å². The second-order valence-electron chi connectivity index (χ2n) is 7.23. The molecule has 5 rings (SSSR count). The van der Waals surface area contributed by atoms with Crippen LogP contribution in [-0.2, 0) is 4.79 Å². The molecule has 1 N–H and O–H groups in total. The van der Waals surface area contributed by atoms with Gasteiger partial charge in [0, 0.05) is 15.8 Å². The van der Waals surface area contributed by atoms with Crippen molar-refractivity contribution in [1.29, 1.82) is 0 Å². The second kappa shape index (κ2) is 9.48. The molecule has 0 atom stereocenters. The third-order valence-electron chi connectivity index (χ3n) is 5.01. The highest BCUT2D eigenvalue weighted by Gasteiger charge is 2.17. The van der Waals surface area contributed by atoms with Crippen molar-refractivity contribution in [3.8, 4) is 17.0 Å². The van der Waals surface area contributed by atoms with Gasteiger partial charge in [0.1, 0.15) is 5.75 Å². The van der Waals surface area contributed by atoms with Crippen LogP contribution in [-0.4, -0.2) is 29.7 Å². The lowest BCUT2D eigenvalue weighted by Crippen LogP contribution is -2.25. The Kier molecular flexibility index (Phi) is 6.10. The summed E-state index contributed by atoms with van der Waals surface area (Å²) in [6.45, 7) is 0.0323. The molecule has 0 bridgehead atoms. The summed E-state index contributed by atoms with van der Waals surface area (Å²) < 4.78 is 7.33. The molecule has 164 valence electrons. The molecular formula is C25H20N4O2S2. The molecule has 1 aliphatic rings. The number of nitrogens with one attached hydrogen (secondary N) is 1. The molecule has 0 saturated carbocycles. The van der Waals surface area contributed by atoms with E-state index in [9.17, 15) is 4.79 Å². The molecular weight excluding hydrogens is 452 g/mol. The number of hydrogen-bond donors (Lipinski definition) is 1. The lowest BCUT2D eigenvalue weighted by Gasteiger charge is -2.18. The van der Waals surface area contributed by atoms with Gasteiger partial charge < -0.3 is 10.1 Å². The van der Waals surface area contributed by atoms with Gasteiger partial charge in [0.05, 0.1) is 23.3 Å². The fraction of sp³-hybridized carbons (Fsp3) is 0.0800. The van der Waals surface area contributed by atoms with Gasteiger partial charge in [-0.3, -0.25) is 4.79 Å². The largest absolute Gasteiger partial charge is 0.482 e. The Bertz CT molecular complexity index is 1390. The van der Waals surface area contributed by atoms with Gasteiger partial charge >= 0.3 is 0 Å². The number of benzene rings is 3. The second-order valence-corrected chi connectivity index (χ2v) is 8.94. The number of rotatable bonds is 5. The molecule has 0 fully saturated rings. The molecule has 0 aliphatic carbocycles. The summed E-state index contributed by atoms with van der Waals surface area (Å²) in [5.41, 5.74) is 4.27. The van der Waals surface area contributed by atoms with Gasteiger partial charge in [-0.15, -0.1) is 23.1 Å². The third kappa shape index (κ3) is 4.76. The quantitative estimate of drug-likeness (QED) is 0.313. The van der Waals surface area contributed by atoms with Crippen LogP contribution in [0, 0.1) is 0 Å². The average molecular weight is 473 g/mol. The van der Waals surface area contributed by atoms with E-state index in [0.717, 1.165) is 27.3 Å². The number of carbonyl (C=O) groups excluding carboxylic acids is 1. The highest BCUT2D eigenvalue weighted by Crippen LogP contribution is 2.33. The van der Waals surface area contributed by atoms with E-state index in [-0.39, 0.29) is 12.5 Å². The van der Waals surface area contributed by atoms with Crippen LogP contribution in [0.2, 0.25) is 0 Å². The Morgan fingerprint density at radius 2 is 1.91 bits per heavy atom. The topological polar surface area (TPSA) is 68.0 Å². The molecule has 4 aromatic rings. The van der Waals surface area contributed by atoms with E-state index in [1.54, 1.807) is 11.8 Å². The van der Waals surface area contributed by atoms with Gasteiger partial charge in [0.25, 0.3) is 5.91 Å². The first-order chi connectivity index (χ1) is 16.2. The highest BCUT2D eigenvalue weighted by molar-refractivity contribution is 7.98. The Morgan fingerprint density at radius 1 is 1.09 bits per heavy atom. The van der Waals surface area contributed by atoms with Gasteiger partial charge in [-0.05, 0) is 54.3 Å². The molecule has 0 radical (unpaired) electrons. The van der Waals surface area contributed by atoms with Gasteiger partial charge in [-0.1, -0.05) is 30.3 Å². The zero-order valence-electron chi connectivity index (χ0n) is 17.8. The van der Waals surface area contributed by atoms with Crippen LogP contribution in [0.25, 0.3) is 11.3 Å². The molecule has 0 unspecified atom stereocenters. The molecule has 1 aliphatic heterocycles. The summed E-state index contributed by atoms with van der Waals surface area (Å²) in [4.78, 5) is 18.5. The van der Waals surface area contributed by atoms with Crippen molar-refractivity contribution in [2.24, 2.45) is 10.1 Å². The number of nitrogens with zero attached hydrogens (tertiary/aromatic N) is 3. The maximum atomic E-state index is 11.8. The zero-order chi connectivity index (χ0) is 22.6. The average Bonchev–Trinajstić information content (AvgIpc) is 3.25. The monoisotopic (exact) mass is 472 g/mol. The molecule has 1 amide bonds. The van der Waals surface area contributed by atoms with E-state index in [4.69, 9.17) is 14.8 Å². The summed E-state index contributed by atoms with van der Waals surface area (Å²) >= 11 is 3.21. The number of ether oxygens (including phenoxy) is 1. The number of fused-ring (bicyclic) bond motifs is 1. The normalized spacial score (nSPS) is 13.6. The van der Waals surface area contributed by atoms with Gasteiger partial charge in [0.2, 0.25) is 4.80 Å². The number of hydrogen-bond acceptors (Lipinski definition) is 6. The van der Waals surface area contributed by atoms with Crippen molar-refractivity contribution in [2.45, 2.75) is 4.90 Å². The minimum atomic E-state index is -0.163. The van der Waals surface area contributed by atoms with Crippen molar-refractivity contribution in [1.82, 2.24) is 4.68 Å². The summed E-state index contributed by atoms with van der Waals surface area (Å²) in [5, 5.41) is 9.66. The first-order valence-corrected chi connectivity index (χ1v) is 12.4. The standard InChI is InChI=1S/C25H20N4O2S2/c1-32-20-10-7-17(8-11-20)14-26-29-22(16-33-25(29)27-19-5-3-2-4-6-19)18-9-12-23-21(13-18)28-24(30)15-31-23/h2-14,16H,15H2,1H3,(H,28,30). The summed E-state index contributed by atoms with van der Waals surface area (Å²) in [7, 11) is 0. The summed E-state index contributed by atoms with van der Waals surface area (Å²) in [6, 6.07) is 23.8. The van der Waals surface area contributed by atoms with Crippen molar-refractivity contribution in [3.05, 3.63) is 88.5 Å². The number of amides is 1. The van der Waals surface area contributed by atoms with Crippen LogP contribution in [0.5, 0.6) is 5.75 Å². The molecule has 0 spiro atoms. The van der Waals surface area contributed by atoms with Crippen LogP contribution in [0.4, 0.5) is 11.4 Å². The SMILES string of the molecule is CSc1ccc(C=Nn2c(-c3ccc4c(c3)NC(=O)CO4)csc2=Nc2ccccc2)cc1. The van der Waals surface area contributed by atoms with Crippen molar-refractivity contribution in [2.75, 3.05) is 18.2 Å². The number of thiazole rings is 1. The Hall–Kier alpha value is -3.62. The van der Waals surface area contributed by atoms with E-state index >= 15 is 0 Å². The maximum Gasteiger partial charge on any atom is 0.262 e. The molecule has 6 nitrogen and oxygen atoms in total. The van der Waals surface area contributed by atoms with Crippen molar-refractivity contribution in [3.63, 3.8) is 0 Å². The molecule has 3 aromatic carbocycles. The number of anilines is 1. The van der Waals surface area contributed by atoms with E-state index in [2.05, 4.69) is 23.7 Å². The van der Waals surface area contributed by atoms with Gasteiger partial charge in [-0.25, -0.2) is 9.67 Å². The van der Waals surface area contributed by atoms with E-state index in [1.165, 1.54) is 16.2 Å². The fourth-order valence-corrected chi connectivity index (χ4v) is 4.62. The third-order valence-corrected chi connectivity index (χ3v) is 6.57. The maximum absolute atomic E-state index is 11.8. The van der Waals surface area contributed by atoms with Crippen LogP contribution in [0.15, 0.2) is 93.2 Å². The van der Waals surface area contributed by atoms with Crippen LogP contribution in [0.3, 0.4) is 0 Å². The van der Waals surface area contributed by atoms with E-state index < -0.39 is 0 Å². The summed E-state index contributed by atoms with van der Waals surface area (Å²) in [5.74, 6) is 0.496. The first kappa shape index (κ1) is 21.2. The lowest BCUT2D eigenvalue weighted by atomic mass is 10.1. The number of thioether (sulfide) groups is 1. The zero-order valence-corrected chi connectivity index (χ0v) is 19.4. The molecule has 0 saturated heterocycles. The van der Waals surface area contributed by atoms with Gasteiger partial charge in [0.15, 0.2) is 6.61 Å². The van der Waals surface area contributed by atoms with Crippen LogP contribution >= 0.6 is 23.1 Å². The van der Waals surface area contributed by atoms with Crippen molar-refractivity contribution >= 4 is 46.6 Å². The van der Waals surface area contributed by atoms with Crippen molar-refractivity contribution < 1.29 is 9.53 Å². The Labute approximate surface area is 199 Å². The highest BCUT2D eigenvalue weighted by atomic mass is 32.2. The predicted octanol–water partition coefficient (Wildman–Crippen LogP) is 5.38. The smallest absolute Gasteiger partial charge is 0.262 e. The molecule has 2 heterocycles. The molecule has 8 heteroatoms. The lowest BCUT2D eigenvalue weighted by molar-refractivity contribution is -0.118. The minimum absolute atomic E-state index is 0.0323. The number of aromatic nitrogens is 1. The predicted molar refractivity (Wildman–Crippen MR) is 135 cm³/mol. The minimum Gasteiger partial charge on any atom is -0.482 e. The Morgan fingerprint density at radius 3 is 2.70 bits per heavy atom. The molecule has 33 heavy (non-hydrogen) atoms. The van der Waals surface area contributed by atoms with Crippen LogP contribution in [0.1, 0.15) is 5.56 Å². The van der Waals surface area contributed by atoms with Crippen LogP contribution < -0.4 is 14.9 Å². The summed E-state index contributed by atoms with van der Waals surface area (Å²) in [6.07, 6.45) is 3.88. The number of para-hydroxylation sites is 1. The van der Waals surface area contributed by atoms with E-state index in [1.807, 2.05) is 76.9 Å². The fourth-order valence-electron chi connectivity index (χ4n) is 3.36.